The average Bonchev–Trinajstić information content (AvgIpc) is 3.01. The molecule has 0 saturated carbocycles. The number of rotatable bonds is 4. The number of nitrogens with one attached hydrogen (secondary N) is 3. The molecule has 8 heteroatoms. The van der Waals surface area contributed by atoms with Crippen LogP contribution in [0.2, 0.25) is 0 Å². The minimum Gasteiger partial charge on any atom is -0.480 e. The normalized spacial score (nSPS) is 11.6. The van der Waals surface area contributed by atoms with Crippen LogP contribution in [0.25, 0.3) is 0 Å². The summed E-state index contributed by atoms with van der Waals surface area (Å²) in [4.78, 5) is 26.2. The molecule has 0 aliphatic heterocycles. The van der Waals surface area contributed by atoms with E-state index >= 15 is 0 Å². The minimum absolute atomic E-state index is 0.315. The van der Waals surface area contributed by atoms with Gasteiger partial charge in [0.1, 0.15) is 17.3 Å². The number of hydrazine groups is 1. The molecule has 1 aromatic carbocycles. The second-order valence-electron chi connectivity index (χ2n) is 4.36. The van der Waals surface area contributed by atoms with Crippen molar-refractivity contribution in [2.45, 2.75) is 13.0 Å². The van der Waals surface area contributed by atoms with E-state index in [4.69, 9.17) is 4.74 Å². The van der Waals surface area contributed by atoms with Crippen molar-refractivity contribution in [3.05, 3.63) is 52.5 Å². The van der Waals surface area contributed by atoms with Crippen LogP contribution >= 0.6 is 15.9 Å². The smallest absolute Gasteiger partial charge is 0.286 e. The Labute approximate surface area is 134 Å². The molecule has 2 amide bonds. The van der Waals surface area contributed by atoms with E-state index in [-0.39, 0.29) is 0 Å². The van der Waals surface area contributed by atoms with E-state index in [0.717, 1.165) is 0 Å². The van der Waals surface area contributed by atoms with Crippen LogP contribution in [0.1, 0.15) is 17.4 Å². The third-order valence-electron chi connectivity index (χ3n) is 2.71. The predicted octanol–water partition coefficient (Wildman–Crippen LogP) is 2.14. The maximum Gasteiger partial charge on any atom is 0.286 e. The fourth-order valence-corrected chi connectivity index (χ4v) is 2.02. The first-order valence-corrected chi connectivity index (χ1v) is 7.12. The summed E-state index contributed by atoms with van der Waals surface area (Å²) in [6.07, 6.45) is 0.708. The van der Waals surface area contributed by atoms with Gasteiger partial charge in [0.25, 0.3) is 11.8 Å². The Morgan fingerprint density at radius 1 is 1.32 bits per heavy atom. The molecule has 22 heavy (non-hydrogen) atoms. The number of hydrogen-bond acceptors (Lipinski definition) is 3. The third-order valence-corrected chi connectivity index (χ3v) is 3.33. The largest absolute Gasteiger partial charge is 0.480 e. The number of aromatic nitrogens is 1. The van der Waals surface area contributed by atoms with Gasteiger partial charge in [0.2, 0.25) is 0 Å². The van der Waals surface area contributed by atoms with Gasteiger partial charge < -0.3 is 9.72 Å². The summed E-state index contributed by atoms with van der Waals surface area (Å²) in [5, 5.41) is 0. The molecule has 2 rings (SSSR count). The maximum atomic E-state index is 13.0. The highest BCUT2D eigenvalue weighted by molar-refractivity contribution is 9.10. The second-order valence-corrected chi connectivity index (χ2v) is 5.22. The Morgan fingerprint density at radius 3 is 2.73 bits per heavy atom. The predicted molar refractivity (Wildman–Crippen MR) is 80.6 cm³/mol. The average molecular weight is 370 g/mol. The van der Waals surface area contributed by atoms with Crippen molar-refractivity contribution >= 4 is 27.7 Å². The van der Waals surface area contributed by atoms with Crippen molar-refractivity contribution in [3.63, 3.8) is 0 Å². The van der Waals surface area contributed by atoms with Crippen molar-refractivity contribution < 1.29 is 18.7 Å². The van der Waals surface area contributed by atoms with E-state index in [1.165, 1.54) is 25.1 Å². The zero-order chi connectivity index (χ0) is 16.1. The van der Waals surface area contributed by atoms with Crippen LogP contribution in [-0.4, -0.2) is 22.9 Å². The zero-order valence-corrected chi connectivity index (χ0v) is 13.1. The molecule has 0 fully saturated rings. The first-order valence-electron chi connectivity index (χ1n) is 6.32. The third kappa shape index (κ3) is 4.08. The minimum atomic E-state index is -0.884. The summed E-state index contributed by atoms with van der Waals surface area (Å²) in [6.45, 7) is 1.51. The fourth-order valence-electron chi connectivity index (χ4n) is 1.57. The summed E-state index contributed by atoms with van der Waals surface area (Å²) >= 11 is 3.14. The Morgan fingerprint density at radius 2 is 2.09 bits per heavy atom. The number of hydrogen-bond donors (Lipinski definition) is 3. The molecule has 0 aliphatic carbocycles. The van der Waals surface area contributed by atoms with Crippen LogP contribution < -0.4 is 15.6 Å². The number of H-pyrrole nitrogens is 1. The molecule has 0 spiro atoms. The van der Waals surface area contributed by atoms with Crippen LogP contribution in [0.4, 0.5) is 4.39 Å². The zero-order valence-electron chi connectivity index (χ0n) is 11.5. The van der Waals surface area contributed by atoms with E-state index < -0.39 is 23.7 Å². The van der Waals surface area contributed by atoms with Crippen molar-refractivity contribution in [1.29, 1.82) is 0 Å². The number of aromatic amines is 1. The van der Waals surface area contributed by atoms with E-state index in [9.17, 15) is 14.0 Å². The molecule has 0 saturated heterocycles. The molecule has 6 nitrogen and oxygen atoms in total. The van der Waals surface area contributed by atoms with E-state index in [0.29, 0.717) is 15.9 Å². The first kappa shape index (κ1) is 16.0. The molecule has 1 heterocycles. The number of benzene rings is 1. The monoisotopic (exact) mass is 369 g/mol. The van der Waals surface area contributed by atoms with Gasteiger partial charge in [-0.3, -0.25) is 20.4 Å². The summed E-state index contributed by atoms with van der Waals surface area (Å²) in [7, 11) is 0. The molecular weight excluding hydrogens is 357 g/mol. The van der Waals surface area contributed by atoms with Crippen LogP contribution in [0.3, 0.4) is 0 Å². The van der Waals surface area contributed by atoms with Gasteiger partial charge in [-0.1, -0.05) is 0 Å². The first-order chi connectivity index (χ1) is 10.5. The standard InChI is InChI=1S/C14H13BrFN3O3/c1-8(22-12-5-4-9(16)7-10(12)15)13(20)18-19-14(21)11-3-2-6-17-11/h2-8,17H,1H3,(H,18,20)(H,19,21). The SMILES string of the molecule is CC(Oc1ccc(F)cc1Br)C(=O)NNC(=O)c1ccc[nH]1. The van der Waals surface area contributed by atoms with Gasteiger partial charge in [0, 0.05) is 6.20 Å². The highest BCUT2D eigenvalue weighted by Crippen LogP contribution is 2.26. The quantitative estimate of drug-likeness (QED) is 0.722. The highest BCUT2D eigenvalue weighted by atomic mass is 79.9. The van der Waals surface area contributed by atoms with Crippen molar-refractivity contribution in [2.24, 2.45) is 0 Å². The van der Waals surface area contributed by atoms with Gasteiger partial charge in [0.15, 0.2) is 6.10 Å². The lowest BCUT2D eigenvalue weighted by Crippen LogP contribution is -2.47. The van der Waals surface area contributed by atoms with Gasteiger partial charge >= 0.3 is 0 Å². The molecule has 0 aliphatic rings. The van der Waals surface area contributed by atoms with E-state index in [1.807, 2.05) is 0 Å². The van der Waals surface area contributed by atoms with Crippen LogP contribution in [-0.2, 0) is 4.79 Å². The Hall–Kier alpha value is -2.35. The summed E-state index contributed by atoms with van der Waals surface area (Å²) in [5.41, 5.74) is 4.82. The lowest BCUT2D eigenvalue weighted by atomic mass is 10.3. The molecule has 1 atom stereocenters. The van der Waals surface area contributed by atoms with Crippen LogP contribution in [0.5, 0.6) is 5.75 Å². The van der Waals surface area contributed by atoms with Gasteiger partial charge in [0.05, 0.1) is 4.47 Å². The second kappa shape index (κ2) is 7.08. The van der Waals surface area contributed by atoms with Crippen LogP contribution in [0, 0.1) is 5.82 Å². The lowest BCUT2D eigenvalue weighted by molar-refractivity contribution is -0.128. The fraction of sp³-hybridized carbons (Fsp3) is 0.143. The van der Waals surface area contributed by atoms with Crippen molar-refractivity contribution in [3.8, 4) is 5.75 Å². The number of amides is 2. The molecule has 3 N–H and O–H groups in total. The Kier molecular flexibility index (Phi) is 5.16. The van der Waals surface area contributed by atoms with Gasteiger partial charge in [-0.15, -0.1) is 0 Å². The summed E-state index contributed by atoms with van der Waals surface area (Å²) in [6, 6.07) is 7.08. The molecule has 2 aromatic rings. The van der Waals surface area contributed by atoms with Gasteiger partial charge in [-0.25, -0.2) is 4.39 Å². The number of halogens is 2. The molecular formula is C14H13BrFN3O3. The van der Waals surface area contributed by atoms with Crippen molar-refractivity contribution in [2.75, 3.05) is 0 Å². The van der Waals surface area contributed by atoms with Crippen molar-refractivity contribution in [1.82, 2.24) is 15.8 Å². The van der Waals surface area contributed by atoms with E-state index in [1.54, 1.807) is 18.3 Å². The number of carbonyl (C=O) groups excluding carboxylic acids is 2. The summed E-state index contributed by atoms with van der Waals surface area (Å²) in [5.74, 6) is -1.13. The molecule has 116 valence electrons. The molecule has 0 bridgehead atoms. The number of carbonyl (C=O) groups is 2. The van der Waals surface area contributed by atoms with Gasteiger partial charge in [-0.2, -0.15) is 0 Å². The highest BCUT2D eigenvalue weighted by Gasteiger charge is 2.17. The summed E-state index contributed by atoms with van der Waals surface area (Å²) < 4.78 is 18.8. The van der Waals surface area contributed by atoms with Gasteiger partial charge in [-0.05, 0) is 53.2 Å². The number of ether oxygens (including phenoxy) is 1. The van der Waals surface area contributed by atoms with Crippen LogP contribution in [0.15, 0.2) is 41.0 Å². The molecule has 1 unspecified atom stereocenters. The molecule has 0 radical (unpaired) electrons. The Bertz CT molecular complexity index is 676. The molecule has 1 aromatic heterocycles. The lowest BCUT2D eigenvalue weighted by Gasteiger charge is -2.16. The Balaban J connectivity index is 1.88. The topological polar surface area (TPSA) is 83.2 Å². The maximum absolute atomic E-state index is 13.0. The van der Waals surface area contributed by atoms with E-state index in [2.05, 4.69) is 31.8 Å².